The van der Waals surface area contributed by atoms with Crippen molar-refractivity contribution in [3.05, 3.63) is 0 Å². The van der Waals surface area contributed by atoms with Gasteiger partial charge in [0.15, 0.2) is 0 Å². The highest BCUT2D eigenvalue weighted by atomic mass is 35.5. The third-order valence-electron chi connectivity index (χ3n) is 1.96. The van der Waals surface area contributed by atoms with Crippen molar-refractivity contribution in [1.29, 1.82) is 0 Å². The van der Waals surface area contributed by atoms with E-state index in [4.69, 9.17) is 10.5 Å². The Morgan fingerprint density at radius 2 is 1.80 bits per heavy atom. The zero-order chi connectivity index (χ0) is 11.1. The van der Waals surface area contributed by atoms with Crippen LogP contribution in [0.5, 0.6) is 0 Å². The summed E-state index contributed by atoms with van der Waals surface area (Å²) < 4.78 is 5.07. The lowest BCUT2D eigenvalue weighted by atomic mass is 9.94. The van der Waals surface area contributed by atoms with Crippen LogP contribution in [-0.2, 0) is 9.53 Å². The van der Waals surface area contributed by atoms with E-state index in [1.807, 2.05) is 13.8 Å². The van der Waals surface area contributed by atoms with Gasteiger partial charge in [-0.25, -0.2) is 0 Å². The molecule has 0 heterocycles. The van der Waals surface area contributed by atoms with Crippen LogP contribution in [0.2, 0.25) is 0 Å². The molecule has 0 aliphatic heterocycles. The molecule has 4 heteroatoms. The van der Waals surface area contributed by atoms with Crippen LogP contribution in [0.4, 0.5) is 0 Å². The average Bonchev–Trinajstić information content (AvgIpc) is 2.00. The summed E-state index contributed by atoms with van der Waals surface area (Å²) in [7, 11) is 0. The average molecular weight is 238 g/mol. The third-order valence-corrected chi connectivity index (χ3v) is 1.96. The van der Waals surface area contributed by atoms with Gasteiger partial charge in [0, 0.05) is 6.42 Å². The van der Waals surface area contributed by atoms with Gasteiger partial charge in [-0.1, -0.05) is 13.8 Å². The molecule has 2 N–H and O–H groups in total. The molecule has 0 aliphatic rings. The Morgan fingerprint density at radius 3 is 2.13 bits per heavy atom. The molecule has 0 saturated heterocycles. The van der Waals surface area contributed by atoms with E-state index < -0.39 is 0 Å². The van der Waals surface area contributed by atoms with E-state index in [0.717, 1.165) is 6.42 Å². The summed E-state index contributed by atoms with van der Waals surface area (Å²) in [4.78, 5) is 11.3. The Labute approximate surface area is 99.2 Å². The molecule has 0 aromatic carbocycles. The molecule has 0 aliphatic carbocycles. The molecule has 1 unspecified atom stereocenters. The van der Waals surface area contributed by atoms with Crippen molar-refractivity contribution in [2.75, 3.05) is 6.54 Å². The second-order valence-corrected chi connectivity index (χ2v) is 4.47. The van der Waals surface area contributed by atoms with Crippen molar-refractivity contribution >= 4 is 18.4 Å². The quantitative estimate of drug-likeness (QED) is 0.722. The first-order chi connectivity index (χ1) is 6.45. The van der Waals surface area contributed by atoms with Gasteiger partial charge in [-0.2, -0.15) is 0 Å². The number of hydrogen-bond acceptors (Lipinski definition) is 3. The lowest BCUT2D eigenvalue weighted by molar-refractivity contribution is -0.148. The van der Waals surface area contributed by atoms with E-state index in [0.29, 0.717) is 18.9 Å². The Kier molecular flexibility index (Phi) is 10.3. The van der Waals surface area contributed by atoms with Crippen molar-refractivity contribution in [3.63, 3.8) is 0 Å². The zero-order valence-electron chi connectivity index (χ0n) is 10.2. The van der Waals surface area contributed by atoms with E-state index in [9.17, 15) is 4.79 Å². The number of ether oxygens (including phenoxy) is 1. The molecule has 0 aromatic rings. The molecule has 0 fully saturated rings. The van der Waals surface area contributed by atoms with Crippen LogP contribution in [-0.4, -0.2) is 18.6 Å². The topological polar surface area (TPSA) is 52.3 Å². The van der Waals surface area contributed by atoms with Crippen molar-refractivity contribution in [2.24, 2.45) is 17.6 Å². The largest absolute Gasteiger partial charge is 0.463 e. The Morgan fingerprint density at radius 1 is 1.27 bits per heavy atom. The molecule has 92 valence electrons. The molecule has 15 heavy (non-hydrogen) atoms. The maximum Gasteiger partial charge on any atom is 0.306 e. The van der Waals surface area contributed by atoms with E-state index in [1.165, 1.54) is 0 Å². The fourth-order valence-electron chi connectivity index (χ4n) is 1.48. The van der Waals surface area contributed by atoms with E-state index >= 15 is 0 Å². The molecule has 0 aromatic heterocycles. The predicted molar refractivity (Wildman–Crippen MR) is 65.1 cm³/mol. The molecule has 3 nitrogen and oxygen atoms in total. The first-order valence-electron chi connectivity index (χ1n) is 5.35. The predicted octanol–water partition coefficient (Wildman–Crippen LogP) is 2.37. The molecule has 0 bridgehead atoms. The summed E-state index contributed by atoms with van der Waals surface area (Å²) in [6.07, 6.45) is 1.41. The Balaban J connectivity index is 0. The van der Waals surface area contributed by atoms with Crippen LogP contribution in [0.3, 0.4) is 0 Å². The summed E-state index contributed by atoms with van der Waals surface area (Å²) in [5.74, 6) is 0.716. The van der Waals surface area contributed by atoms with Gasteiger partial charge < -0.3 is 10.5 Å². The van der Waals surface area contributed by atoms with Crippen LogP contribution in [0, 0.1) is 11.8 Å². The standard InChI is InChI=1S/C11H23NO2.ClH/c1-8(2)5-10(7-12)6-11(13)14-9(3)4;/h8-10H,5-7,12H2,1-4H3;1H. The summed E-state index contributed by atoms with van der Waals surface area (Å²) in [5.41, 5.74) is 5.59. The summed E-state index contributed by atoms with van der Waals surface area (Å²) in [6, 6.07) is 0. The van der Waals surface area contributed by atoms with Crippen LogP contribution in [0.1, 0.15) is 40.5 Å². The van der Waals surface area contributed by atoms with E-state index in [2.05, 4.69) is 13.8 Å². The highest BCUT2D eigenvalue weighted by molar-refractivity contribution is 5.85. The molecule has 0 spiro atoms. The highest BCUT2D eigenvalue weighted by Crippen LogP contribution is 2.15. The second-order valence-electron chi connectivity index (χ2n) is 4.47. The van der Waals surface area contributed by atoms with E-state index in [-0.39, 0.29) is 30.4 Å². The van der Waals surface area contributed by atoms with Crippen molar-refractivity contribution < 1.29 is 9.53 Å². The molecule has 0 rings (SSSR count). The number of esters is 1. The maximum absolute atomic E-state index is 11.3. The van der Waals surface area contributed by atoms with Gasteiger partial charge in [0.05, 0.1) is 6.10 Å². The Bertz CT molecular complexity index is 172. The summed E-state index contributed by atoms with van der Waals surface area (Å²) in [5, 5.41) is 0. The number of rotatable bonds is 6. The zero-order valence-corrected chi connectivity index (χ0v) is 11.0. The monoisotopic (exact) mass is 237 g/mol. The van der Waals surface area contributed by atoms with E-state index in [1.54, 1.807) is 0 Å². The van der Waals surface area contributed by atoms with Gasteiger partial charge >= 0.3 is 5.97 Å². The molecule has 1 atom stereocenters. The fourth-order valence-corrected chi connectivity index (χ4v) is 1.48. The van der Waals surface area contributed by atoms with Crippen molar-refractivity contribution in [1.82, 2.24) is 0 Å². The maximum atomic E-state index is 11.3. The van der Waals surface area contributed by atoms with Crippen LogP contribution >= 0.6 is 12.4 Å². The number of hydrogen-bond donors (Lipinski definition) is 1. The SMILES string of the molecule is CC(C)CC(CN)CC(=O)OC(C)C.Cl. The van der Waals surface area contributed by atoms with Crippen molar-refractivity contribution in [2.45, 2.75) is 46.6 Å². The highest BCUT2D eigenvalue weighted by Gasteiger charge is 2.15. The summed E-state index contributed by atoms with van der Waals surface area (Å²) >= 11 is 0. The molecular weight excluding hydrogens is 214 g/mol. The minimum absolute atomic E-state index is 0. The van der Waals surface area contributed by atoms with Gasteiger partial charge in [0.2, 0.25) is 0 Å². The van der Waals surface area contributed by atoms with Gasteiger partial charge in [-0.3, -0.25) is 4.79 Å². The third kappa shape index (κ3) is 10.0. The van der Waals surface area contributed by atoms with Crippen molar-refractivity contribution in [3.8, 4) is 0 Å². The number of nitrogens with two attached hydrogens (primary N) is 1. The van der Waals surface area contributed by atoms with Crippen LogP contribution < -0.4 is 5.73 Å². The minimum atomic E-state index is -0.129. The van der Waals surface area contributed by atoms with Gasteiger partial charge in [0.1, 0.15) is 0 Å². The van der Waals surface area contributed by atoms with Gasteiger partial charge in [-0.05, 0) is 38.6 Å². The lowest BCUT2D eigenvalue weighted by Crippen LogP contribution is -2.22. The number of carbonyl (C=O) groups is 1. The van der Waals surface area contributed by atoms with Gasteiger partial charge in [-0.15, -0.1) is 12.4 Å². The molecule has 0 saturated carbocycles. The lowest BCUT2D eigenvalue weighted by Gasteiger charge is -2.17. The minimum Gasteiger partial charge on any atom is -0.463 e. The first-order valence-corrected chi connectivity index (χ1v) is 5.35. The first kappa shape index (κ1) is 17.1. The molecule has 0 radical (unpaired) electrons. The number of carbonyl (C=O) groups excluding carboxylic acids is 1. The second kappa shape index (κ2) is 8.98. The molecular formula is C11H24ClNO2. The summed E-state index contributed by atoms with van der Waals surface area (Å²) in [6.45, 7) is 8.55. The van der Waals surface area contributed by atoms with Crippen LogP contribution in [0.15, 0.2) is 0 Å². The normalized spacial score (nSPS) is 12.5. The van der Waals surface area contributed by atoms with Gasteiger partial charge in [0.25, 0.3) is 0 Å². The fraction of sp³-hybridized carbons (Fsp3) is 0.909. The number of halogens is 1. The van der Waals surface area contributed by atoms with Crippen LogP contribution in [0.25, 0.3) is 0 Å². The Hall–Kier alpha value is -0.280. The smallest absolute Gasteiger partial charge is 0.306 e. The molecule has 0 amide bonds.